The van der Waals surface area contributed by atoms with E-state index in [1.807, 2.05) is 13.8 Å². The summed E-state index contributed by atoms with van der Waals surface area (Å²) in [4.78, 5) is 29.1. The van der Waals surface area contributed by atoms with Crippen molar-refractivity contribution in [2.24, 2.45) is 5.11 Å². The zero-order chi connectivity index (χ0) is 36.5. The first-order chi connectivity index (χ1) is 23.4. The van der Waals surface area contributed by atoms with Crippen LogP contribution in [-0.2, 0) is 14.6 Å². The summed E-state index contributed by atoms with van der Waals surface area (Å²) in [5.74, 6) is -5.17. The summed E-state index contributed by atoms with van der Waals surface area (Å²) in [6.45, 7) is 4.19. The molecule has 1 saturated carbocycles. The molecule has 0 aromatic heterocycles. The van der Waals surface area contributed by atoms with Gasteiger partial charge < -0.3 is 14.7 Å². The molecule has 3 aliphatic rings. The van der Waals surface area contributed by atoms with Gasteiger partial charge in [-0.3, -0.25) is 9.59 Å². The van der Waals surface area contributed by atoms with Crippen LogP contribution >= 0.6 is 0 Å². The number of halogens is 5. The zero-order valence-electron chi connectivity index (χ0n) is 27.7. The van der Waals surface area contributed by atoms with Gasteiger partial charge in [-0.15, -0.1) is 0 Å². The van der Waals surface area contributed by atoms with Crippen LogP contribution in [0.5, 0.6) is 5.75 Å². The van der Waals surface area contributed by atoms with Gasteiger partial charge in [0, 0.05) is 46.5 Å². The van der Waals surface area contributed by atoms with Crippen LogP contribution in [0.2, 0.25) is 0 Å². The van der Waals surface area contributed by atoms with Gasteiger partial charge in [-0.25, -0.2) is 8.42 Å². The van der Waals surface area contributed by atoms with E-state index in [1.165, 1.54) is 22.3 Å². The van der Waals surface area contributed by atoms with Crippen LogP contribution < -0.4 is 10.2 Å². The predicted molar refractivity (Wildman–Crippen MR) is 173 cm³/mol. The average Bonchev–Trinajstić information content (AvgIpc) is 3.37. The fourth-order valence-corrected chi connectivity index (χ4v) is 7.97. The molecule has 16 heteroatoms. The number of piperidine rings is 1. The summed E-state index contributed by atoms with van der Waals surface area (Å²) in [5, 5.41) is 14.8. The van der Waals surface area contributed by atoms with Crippen molar-refractivity contribution in [2.45, 2.75) is 94.2 Å². The third-order valence-corrected chi connectivity index (χ3v) is 11.5. The minimum absolute atomic E-state index is 0.128. The lowest BCUT2D eigenvalue weighted by Gasteiger charge is -2.30. The van der Waals surface area contributed by atoms with Gasteiger partial charge in [-0.1, -0.05) is 11.5 Å². The molecule has 1 aliphatic carbocycles. The molecule has 10 nitrogen and oxygen atoms in total. The van der Waals surface area contributed by atoms with Crippen molar-refractivity contribution in [3.05, 3.63) is 64.1 Å². The molecule has 5 rings (SSSR count). The molecule has 2 aromatic carbocycles. The topological polar surface area (TPSA) is 128 Å². The van der Waals surface area contributed by atoms with Gasteiger partial charge in [-0.05, 0) is 99.8 Å². The minimum atomic E-state index is -5.63. The molecule has 1 saturated heterocycles. The number of benzene rings is 2. The zero-order valence-corrected chi connectivity index (χ0v) is 28.5. The largest absolute Gasteiger partial charge is 0.493 e. The number of aryl methyl sites for hydroxylation is 2. The maximum atomic E-state index is 13.4. The molecule has 0 bridgehead atoms. The summed E-state index contributed by atoms with van der Waals surface area (Å²) >= 11 is 0. The Morgan fingerprint density at radius 3 is 2.34 bits per heavy atom. The van der Waals surface area contributed by atoms with Crippen LogP contribution in [0.25, 0.3) is 6.08 Å². The summed E-state index contributed by atoms with van der Waals surface area (Å²) in [6, 6.07) is 9.57. The summed E-state index contributed by atoms with van der Waals surface area (Å²) in [7, 11) is -3.72. The number of ether oxygens (including phenoxy) is 1. The van der Waals surface area contributed by atoms with Gasteiger partial charge in [0.1, 0.15) is 5.75 Å². The van der Waals surface area contributed by atoms with Crippen LogP contribution in [0, 0.1) is 13.8 Å². The summed E-state index contributed by atoms with van der Waals surface area (Å²) in [6.07, 6.45) is -4.69. The number of carbonyl (C=O) groups excluding carboxylic acids is 2. The molecule has 2 aromatic rings. The molecule has 2 amide bonds. The van der Waals surface area contributed by atoms with Crippen LogP contribution in [0.4, 0.5) is 27.6 Å². The van der Waals surface area contributed by atoms with Gasteiger partial charge in [0.25, 0.3) is 11.6 Å². The van der Waals surface area contributed by atoms with Gasteiger partial charge >= 0.3 is 18.0 Å². The minimum Gasteiger partial charge on any atom is -0.493 e. The number of carbonyl (C=O) groups is 2. The maximum Gasteiger partial charge on any atom is 0.453 e. The average molecular weight is 728 g/mol. The first-order valence-corrected chi connectivity index (χ1v) is 18.0. The molecule has 50 heavy (non-hydrogen) atoms. The second-order valence-corrected chi connectivity index (χ2v) is 15.3. The Hall–Kier alpha value is -3.92. The smallest absolute Gasteiger partial charge is 0.453 e. The highest BCUT2D eigenvalue weighted by Crippen LogP contribution is 2.40. The SMILES string of the molecule is Cc1cc(C(=O)N2CCC(O)CC2)cc(C)c1/C=C/S(=O)(=O)C1CCC2(CC1)N=[N+](c1cccc(OCCCC(F)(F)C(F)(F)F)c1)NC2=O. The van der Waals surface area contributed by atoms with E-state index in [2.05, 4.69) is 10.5 Å². The fourth-order valence-electron chi connectivity index (χ4n) is 6.53. The fraction of sp³-hybridized carbons (Fsp3) is 0.529. The third-order valence-electron chi connectivity index (χ3n) is 9.54. The molecule has 2 fully saturated rings. The van der Waals surface area contributed by atoms with Gasteiger partial charge in [0.2, 0.25) is 5.54 Å². The number of hydrogen-bond acceptors (Lipinski definition) is 7. The van der Waals surface area contributed by atoms with Crippen molar-refractivity contribution in [3.8, 4) is 5.75 Å². The molecule has 0 radical (unpaired) electrons. The van der Waals surface area contributed by atoms with Crippen molar-refractivity contribution >= 4 is 33.4 Å². The number of rotatable bonds is 10. The van der Waals surface area contributed by atoms with Crippen molar-refractivity contribution in [3.63, 3.8) is 0 Å². The number of hydrazine groups is 1. The van der Waals surface area contributed by atoms with Crippen LogP contribution in [-0.4, -0.2) is 83.7 Å². The highest BCUT2D eigenvalue weighted by molar-refractivity contribution is 7.95. The van der Waals surface area contributed by atoms with Crippen molar-refractivity contribution in [1.82, 2.24) is 10.3 Å². The van der Waals surface area contributed by atoms with Crippen molar-refractivity contribution in [1.29, 1.82) is 0 Å². The number of likely N-dealkylation sites (tertiary alicyclic amines) is 1. The van der Waals surface area contributed by atoms with Gasteiger partial charge in [-0.2, -0.15) is 22.0 Å². The molecule has 0 unspecified atom stereocenters. The first kappa shape index (κ1) is 37.3. The Kier molecular flexibility index (Phi) is 10.7. The molecule has 272 valence electrons. The number of alkyl halides is 5. The van der Waals surface area contributed by atoms with E-state index >= 15 is 0 Å². The number of sulfone groups is 1. The lowest BCUT2D eigenvalue weighted by atomic mass is 9.82. The summed E-state index contributed by atoms with van der Waals surface area (Å²) < 4.78 is 95.6. The number of amides is 2. The molecule has 2 N–H and O–H groups in total. The number of nitrogens with one attached hydrogen (secondary N) is 1. The predicted octanol–water partition coefficient (Wildman–Crippen LogP) is 6.17. The van der Waals surface area contributed by atoms with E-state index in [4.69, 9.17) is 4.74 Å². The highest BCUT2D eigenvalue weighted by atomic mass is 32.2. The number of nitrogens with zero attached hydrogens (tertiary/aromatic N) is 3. The number of aliphatic hydroxyl groups excluding tert-OH is 1. The van der Waals surface area contributed by atoms with Crippen LogP contribution in [0.1, 0.15) is 78.4 Å². The standard InChI is InChI=1S/C34H39F5N4O6S/c1-22-19-24(30(45)42-15-9-26(44)10-16-42)20-23(2)29(22)11-18-50(47,48)28-7-13-32(14-8-28)31(46)40-43(41-32)25-5-3-6-27(21-25)49-17-4-12-33(35,36)34(37,38)39/h3,5-6,11,18-21,26,28,44H,4,7-10,12-17H2,1-2H3/p+1/b18-11+. The Morgan fingerprint density at radius 1 is 1.08 bits per heavy atom. The molecule has 2 aliphatic heterocycles. The van der Waals surface area contributed by atoms with E-state index < -0.39 is 57.6 Å². The van der Waals surface area contributed by atoms with E-state index in [9.17, 15) is 45.1 Å². The van der Waals surface area contributed by atoms with Crippen molar-refractivity contribution < 1.29 is 54.6 Å². The molecule has 1 spiro atoms. The third kappa shape index (κ3) is 8.17. The van der Waals surface area contributed by atoms with E-state index in [0.717, 1.165) is 11.1 Å². The van der Waals surface area contributed by atoms with Crippen molar-refractivity contribution in [2.75, 3.05) is 19.7 Å². The monoisotopic (exact) mass is 727 g/mol. The molecular weight excluding hydrogens is 687 g/mol. The van der Waals surface area contributed by atoms with E-state index in [-0.39, 0.29) is 43.9 Å². The normalized spacial score (nSPS) is 22.2. The Balaban J connectivity index is 1.19. The Bertz CT molecular complexity index is 1760. The Morgan fingerprint density at radius 2 is 1.72 bits per heavy atom. The lowest BCUT2D eigenvalue weighted by molar-refractivity contribution is -0.552. The maximum absolute atomic E-state index is 13.4. The molecule has 2 heterocycles. The second-order valence-electron chi connectivity index (χ2n) is 13.2. The van der Waals surface area contributed by atoms with Gasteiger partial charge in [0.05, 0.1) is 24.0 Å². The van der Waals surface area contributed by atoms with E-state index in [1.54, 1.807) is 35.2 Å². The van der Waals surface area contributed by atoms with Gasteiger partial charge in [0.15, 0.2) is 9.84 Å². The number of hydrogen-bond donors (Lipinski definition) is 2. The summed E-state index contributed by atoms with van der Waals surface area (Å²) in [5.41, 5.74) is 4.52. The molecular formula is C34H40F5N4O6S+. The van der Waals surface area contributed by atoms with Crippen LogP contribution in [0.3, 0.4) is 0 Å². The van der Waals surface area contributed by atoms with Crippen LogP contribution in [0.15, 0.2) is 46.9 Å². The first-order valence-electron chi connectivity index (χ1n) is 16.4. The number of azo groups is 1. The second kappa shape index (κ2) is 14.4. The Labute approximate surface area is 286 Å². The van der Waals surface area contributed by atoms with E-state index in [0.29, 0.717) is 42.7 Å². The highest BCUT2D eigenvalue weighted by Gasteiger charge is 2.56. The quantitative estimate of drug-likeness (QED) is 0.171. The number of aliphatic hydroxyl groups is 1. The molecule has 0 atom stereocenters. The lowest BCUT2D eigenvalue weighted by Crippen LogP contribution is -2.44.